The first-order valence-corrected chi connectivity index (χ1v) is 10.7. The molecule has 1 heterocycles. The Labute approximate surface area is 139 Å². The molecule has 0 spiro atoms. The fourth-order valence-corrected chi connectivity index (χ4v) is 5.68. The van der Waals surface area contributed by atoms with Crippen LogP contribution in [0.3, 0.4) is 0 Å². The standard InChI is InChI=1S/C14H21BrN2O2S2/c1-2-21(18,19)14-11-20-10-9-17(14)8-7-16-13-5-3-12(15)4-6-13/h3-6,14,16H,2,7-11H2,1H3. The number of thioether (sulfide) groups is 1. The first-order valence-electron chi connectivity index (χ1n) is 7.05. The Morgan fingerprint density at radius 3 is 2.76 bits per heavy atom. The zero-order chi connectivity index (χ0) is 15.3. The first-order chi connectivity index (χ1) is 10.0. The minimum Gasteiger partial charge on any atom is -0.384 e. The minimum atomic E-state index is -3.00. The molecular weight excluding hydrogens is 372 g/mol. The molecule has 1 aromatic rings. The number of hydrogen-bond donors (Lipinski definition) is 1. The lowest BCUT2D eigenvalue weighted by Crippen LogP contribution is -2.49. The number of anilines is 1. The second-order valence-electron chi connectivity index (χ2n) is 4.95. The Hall–Kier alpha value is -0.240. The van der Waals surface area contributed by atoms with Gasteiger partial charge in [-0.15, -0.1) is 0 Å². The van der Waals surface area contributed by atoms with E-state index in [1.807, 2.05) is 24.3 Å². The predicted octanol–water partition coefficient (Wildman–Crippen LogP) is 2.67. The lowest BCUT2D eigenvalue weighted by molar-refractivity contribution is 0.280. The van der Waals surface area contributed by atoms with Gasteiger partial charge in [0.2, 0.25) is 0 Å². The molecule has 0 aliphatic carbocycles. The van der Waals surface area contributed by atoms with Crippen LogP contribution in [0.25, 0.3) is 0 Å². The second-order valence-corrected chi connectivity index (χ2v) is 9.46. The molecule has 1 fully saturated rings. The molecule has 21 heavy (non-hydrogen) atoms. The lowest BCUT2D eigenvalue weighted by atomic mass is 10.3. The summed E-state index contributed by atoms with van der Waals surface area (Å²) in [7, 11) is -3.00. The molecule has 1 unspecified atom stereocenters. The fraction of sp³-hybridized carbons (Fsp3) is 0.571. The van der Waals surface area contributed by atoms with E-state index in [2.05, 4.69) is 26.1 Å². The van der Waals surface area contributed by atoms with Gasteiger partial charge in [0.25, 0.3) is 0 Å². The topological polar surface area (TPSA) is 49.4 Å². The SMILES string of the molecule is CCS(=O)(=O)C1CSCCN1CCNc1ccc(Br)cc1. The Balaban J connectivity index is 1.89. The van der Waals surface area contributed by atoms with Gasteiger partial charge in [-0.2, -0.15) is 11.8 Å². The number of nitrogens with one attached hydrogen (secondary N) is 1. The molecule has 0 radical (unpaired) electrons. The van der Waals surface area contributed by atoms with Crippen LogP contribution >= 0.6 is 27.7 Å². The lowest BCUT2D eigenvalue weighted by Gasteiger charge is -2.34. The monoisotopic (exact) mass is 392 g/mol. The maximum atomic E-state index is 12.2. The van der Waals surface area contributed by atoms with Crippen molar-refractivity contribution in [3.8, 4) is 0 Å². The maximum Gasteiger partial charge on any atom is 0.166 e. The number of halogens is 1. The summed E-state index contributed by atoms with van der Waals surface area (Å²) >= 11 is 5.14. The molecule has 0 saturated carbocycles. The van der Waals surface area contributed by atoms with Crippen molar-refractivity contribution in [2.24, 2.45) is 0 Å². The Kier molecular flexibility index (Phi) is 6.40. The van der Waals surface area contributed by atoms with Crippen molar-refractivity contribution in [1.82, 2.24) is 4.90 Å². The average Bonchev–Trinajstić information content (AvgIpc) is 2.50. The average molecular weight is 393 g/mol. The van der Waals surface area contributed by atoms with E-state index in [-0.39, 0.29) is 11.1 Å². The third-order valence-corrected chi connectivity index (χ3v) is 7.44. The number of hydrogen-bond acceptors (Lipinski definition) is 5. The number of rotatable bonds is 6. The van der Waals surface area contributed by atoms with E-state index >= 15 is 0 Å². The smallest absolute Gasteiger partial charge is 0.166 e. The van der Waals surface area contributed by atoms with Gasteiger partial charge in [-0.25, -0.2) is 8.42 Å². The van der Waals surface area contributed by atoms with Crippen LogP contribution in [-0.2, 0) is 9.84 Å². The predicted molar refractivity (Wildman–Crippen MR) is 94.8 cm³/mol. The van der Waals surface area contributed by atoms with Crippen LogP contribution in [0, 0.1) is 0 Å². The van der Waals surface area contributed by atoms with Crippen LogP contribution in [0.1, 0.15) is 6.92 Å². The summed E-state index contributed by atoms with van der Waals surface area (Å²) in [4.78, 5) is 2.10. The number of sulfone groups is 1. The summed E-state index contributed by atoms with van der Waals surface area (Å²) < 4.78 is 25.4. The van der Waals surface area contributed by atoms with Gasteiger partial charge < -0.3 is 5.32 Å². The van der Waals surface area contributed by atoms with Crippen LogP contribution in [0.2, 0.25) is 0 Å². The summed E-state index contributed by atoms with van der Waals surface area (Å²) in [6, 6.07) is 8.00. The van der Waals surface area contributed by atoms with Crippen molar-refractivity contribution in [2.45, 2.75) is 12.3 Å². The molecule has 2 rings (SSSR count). The highest BCUT2D eigenvalue weighted by atomic mass is 79.9. The van der Waals surface area contributed by atoms with E-state index in [1.165, 1.54) is 0 Å². The summed E-state index contributed by atoms with van der Waals surface area (Å²) in [5, 5.41) is 3.02. The molecule has 0 aromatic heterocycles. The van der Waals surface area contributed by atoms with Gasteiger partial charge in [0.15, 0.2) is 9.84 Å². The van der Waals surface area contributed by atoms with Crippen molar-refractivity contribution in [3.63, 3.8) is 0 Å². The summed E-state index contributed by atoms with van der Waals surface area (Å²) in [5.41, 5.74) is 1.06. The molecule has 7 heteroatoms. The van der Waals surface area contributed by atoms with E-state index in [1.54, 1.807) is 18.7 Å². The number of benzene rings is 1. The highest BCUT2D eigenvalue weighted by Crippen LogP contribution is 2.21. The van der Waals surface area contributed by atoms with Crippen molar-refractivity contribution in [2.75, 3.05) is 42.2 Å². The maximum absolute atomic E-state index is 12.2. The molecule has 4 nitrogen and oxygen atoms in total. The third kappa shape index (κ3) is 4.87. The summed E-state index contributed by atoms with van der Waals surface area (Å²) in [5.74, 6) is 1.91. The van der Waals surface area contributed by atoms with E-state index in [4.69, 9.17) is 0 Å². The van der Waals surface area contributed by atoms with Gasteiger partial charge in [0.1, 0.15) is 5.37 Å². The van der Waals surface area contributed by atoms with Crippen molar-refractivity contribution in [3.05, 3.63) is 28.7 Å². The van der Waals surface area contributed by atoms with Gasteiger partial charge in [0.05, 0.1) is 0 Å². The van der Waals surface area contributed by atoms with Crippen molar-refractivity contribution in [1.29, 1.82) is 0 Å². The van der Waals surface area contributed by atoms with Crippen LogP contribution < -0.4 is 5.32 Å². The molecule has 1 aliphatic heterocycles. The van der Waals surface area contributed by atoms with E-state index < -0.39 is 9.84 Å². The van der Waals surface area contributed by atoms with Gasteiger partial charge >= 0.3 is 0 Å². The van der Waals surface area contributed by atoms with Crippen LogP contribution in [0.4, 0.5) is 5.69 Å². The Morgan fingerprint density at radius 2 is 2.10 bits per heavy atom. The molecule has 0 amide bonds. The first kappa shape index (κ1) is 17.1. The van der Waals surface area contributed by atoms with Gasteiger partial charge in [0, 0.05) is 47.1 Å². The summed E-state index contributed by atoms with van der Waals surface area (Å²) in [6.45, 7) is 4.08. The van der Waals surface area contributed by atoms with Crippen LogP contribution in [0.15, 0.2) is 28.7 Å². The largest absolute Gasteiger partial charge is 0.384 e. The molecule has 1 saturated heterocycles. The van der Waals surface area contributed by atoms with E-state index in [9.17, 15) is 8.42 Å². The Bertz CT molecular complexity index is 549. The van der Waals surface area contributed by atoms with E-state index in [0.29, 0.717) is 5.75 Å². The molecule has 1 N–H and O–H groups in total. The van der Waals surface area contributed by atoms with E-state index in [0.717, 1.165) is 35.5 Å². The molecule has 118 valence electrons. The third-order valence-electron chi connectivity index (χ3n) is 3.58. The number of nitrogens with zero attached hydrogens (tertiary/aromatic N) is 1. The van der Waals surface area contributed by atoms with Crippen molar-refractivity contribution >= 4 is 43.2 Å². The fourth-order valence-electron chi connectivity index (χ4n) is 2.31. The minimum absolute atomic E-state index is 0.217. The summed E-state index contributed by atoms with van der Waals surface area (Å²) in [6.07, 6.45) is 0. The van der Waals surface area contributed by atoms with Crippen LogP contribution in [-0.4, -0.2) is 55.6 Å². The zero-order valence-electron chi connectivity index (χ0n) is 12.1. The molecule has 1 aromatic carbocycles. The molecule has 1 atom stereocenters. The Morgan fingerprint density at radius 1 is 1.38 bits per heavy atom. The van der Waals surface area contributed by atoms with Crippen LogP contribution in [0.5, 0.6) is 0 Å². The molecule has 1 aliphatic rings. The van der Waals surface area contributed by atoms with Gasteiger partial charge in [-0.3, -0.25) is 4.90 Å². The van der Waals surface area contributed by atoms with Crippen molar-refractivity contribution < 1.29 is 8.42 Å². The molecule has 0 bridgehead atoms. The molecular formula is C14H21BrN2O2S2. The quantitative estimate of drug-likeness (QED) is 0.806. The highest BCUT2D eigenvalue weighted by molar-refractivity contribution is 9.10. The van der Waals surface area contributed by atoms with Gasteiger partial charge in [-0.1, -0.05) is 22.9 Å². The normalized spacial score (nSPS) is 20.4. The second kappa shape index (κ2) is 7.85. The highest BCUT2D eigenvalue weighted by Gasteiger charge is 2.32. The van der Waals surface area contributed by atoms with Gasteiger partial charge in [-0.05, 0) is 24.3 Å². The zero-order valence-corrected chi connectivity index (χ0v) is 15.3.